The Labute approximate surface area is 175 Å². The van der Waals surface area contributed by atoms with Crippen molar-refractivity contribution in [2.24, 2.45) is 0 Å². The van der Waals surface area contributed by atoms with Crippen LogP contribution in [0.25, 0.3) is 0 Å². The average molecular weight is 398 g/mol. The summed E-state index contributed by atoms with van der Waals surface area (Å²) < 4.78 is 2.21. The molecule has 0 aliphatic carbocycles. The molecule has 0 saturated carbocycles. The molecule has 2 aromatic rings. The van der Waals surface area contributed by atoms with E-state index in [0.717, 1.165) is 25.1 Å². The number of hydrogen-bond acceptors (Lipinski definition) is 2. The van der Waals surface area contributed by atoms with Crippen LogP contribution in [0.3, 0.4) is 0 Å². The Morgan fingerprint density at radius 3 is 2.45 bits per heavy atom. The first-order valence-electron chi connectivity index (χ1n) is 10.6. The SMILES string of the molecule is CCCN(CC(=O)N(Cc1cccn1Cc1ccccc1C)C(C)CC)C(C)=O. The third-order valence-electron chi connectivity index (χ3n) is 5.57. The van der Waals surface area contributed by atoms with E-state index in [1.165, 1.54) is 18.1 Å². The van der Waals surface area contributed by atoms with Crippen LogP contribution >= 0.6 is 0 Å². The van der Waals surface area contributed by atoms with E-state index in [9.17, 15) is 9.59 Å². The summed E-state index contributed by atoms with van der Waals surface area (Å²) in [4.78, 5) is 28.5. The van der Waals surface area contributed by atoms with Gasteiger partial charge in [0.1, 0.15) is 0 Å². The molecule has 0 fully saturated rings. The van der Waals surface area contributed by atoms with Gasteiger partial charge in [0, 0.05) is 37.9 Å². The zero-order valence-electron chi connectivity index (χ0n) is 18.5. The van der Waals surface area contributed by atoms with E-state index >= 15 is 0 Å². The summed E-state index contributed by atoms with van der Waals surface area (Å²) in [6.45, 7) is 11.9. The maximum atomic E-state index is 13.1. The van der Waals surface area contributed by atoms with Crippen molar-refractivity contribution in [2.45, 2.75) is 66.6 Å². The minimum Gasteiger partial charge on any atom is -0.345 e. The van der Waals surface area contributed by atoms with Gasteiger partial charge in [-0.05, 0) is 49.9 Å². The maximum absolute atomic E-state index is 13.1. The summed E-state index contributed by atoms with van der Waals surface area (Å²) in [5.74, 6) is -0.0427. The van der Waals surface area contributed by atoms with Crippen molar-refractivity contribution in [3.63, 3.8) is 0 Å². The molecule has 0 bridgehead atoms. The molecular weight excluding hydrogens is 362 g/mol. The number of rotatable bonds is 10. The van der Waals surface area contributed by atoms with Gasteiger partial charge in [0.15, 0.2) is 0 Å². The first-order chi connectivity index (χ1) is 13.9. The van der Waals surface area contributed by atoms with Gasteiger partial charge < -0.3 is 14.4 Å². The monoisotopic (exact) mass is 397 g/mol. The van der Waals surface area contributed by atoms with Crippen molar-refractivity contribution in [2.75, 3.05) is 13.1 Å². The fourth-order valence-electron chi connectivity index (χ4n) is 3.47. The molecule has 5 heteroatoms. The number of amides is 2. The van der Waals surface area contributed by atoms with Crippen molar-refractivity contribution in [3.05, 3.63) is 59.4 Å². The third kappa shape index (κ3) is 6.21. The van der Waals surface area contributed by atoms with Crippen LogP contribution in [0.15, 0.2) is 42.6 Å². The number of aryl methyl sites for hydroxylation is 1. The molecule has 1 unspecified atom stereocenters. The first-order valence-corrected chi connectivity index (χ1v) is 10.6. The Morgan fingerprint density at radius 2 is 1.83 bits per heavy atom. The lowest BCUT2D eigenvalue weighted by Crippen LogP contribution is -2.45. The molecule has 2 amide bonds. The maximum Gasteiger partial charge on any atom is 0.242 e. The number of nitrogens with zero attached hydrogens (tertiary/aromatic N) is 3. The van der Waals surface area contributed by atoms with Gasteiger partial charge in [0.25, 0.3) is 0 Å². The van der Waals surface area contributed by atoms with E-state index in [4.69, 9.17) is 0 Å². The zero-order valence-corrected chi connectivity index (χ0v) is 18.5. The highest BCUT2D eigenvalue weighted by Crippen LogP contribution is 2.16. The summed E-state index contributed by atoms with van der Waals surface area (Å²) >= 11 is 0. The van der Waals surface area contributed by atoms with Crippen LogP contribution in [0.4, 0.5) is 0 Å². The molecule has 0 spiro atoms. The highest BCUT2D eigenvalue weighted by atomic mass is 16.2. The molecule has 29 heavy (non-hydrogen) atoms. The Morgan fingerprint density at radius 1 is 1.10 bits per heavy atom. The lowest BCUT2D eigenvalue weighted by Gasteiger charge is -2.31. The lowest BCUT2D eigenvalue weighted by atomic mass is 10.1. The summed E-state index contributed by atoms with van der Waals surface area (Å²) in [5, 5.41) is 0. The fourth-order valence-corrected chi connectivity index (χ4v) is 3.47. The molecule has 0 radical (unpaired) electrons. The van der Waals surface area contributed by atoms with E-state index in [-0.39, 0.29) is 24.4 Å². The van der Waals surface area contributed by atoms with Gasteiger partial charge in [-0.25, -0.2) is 0 Å². The predicted octanol–water partition coefficient (Wildman–Crippen LogP) is 4.23. The normalized spacial score (nSPS) is 11.9. The van der Waals surface area contributed by atoms with E-state index in [2.05, 4.69) is 61.9 Å². The molecular formula is C24H35N3O2. The minimum atomic E-state index is -0.0489. The smallest absolute Gasteiger partial charge is 0.242 e. The third-order valence-corrected chi connectivity index (χ3v) is 5.57. The van der Waals surface area contributed by atoms with E-state index < -0.39 is 0 Å². The van der Waals surface area contributed by atoms with E-state index in [1.54, 1.807) is 4.90 Å². The number of carbonyl (C=O) groups excluding carboxylic acids is 2. The van der Waals surface area contributed by atoms with E-state index in [1.807, 2.05) is 17.9 Å². The Balaban J connectivity index is 2.19. The van der Waals surface area contributed by atoms with Crippen molar-refractivity contribution < 1.29 is 9.59 Å². The largest absolute Gasteiger partial charge is 0.345 e. The number of benzene rings is 1. The van der Waals surface area contributed by atoms with Crippen molar-refractivity contribution in [3.8, 4) is 0 Å². The Kier molecular flexibility index (Phi) is 8.50. The second kappa shape index (κ2) is 10.8. The van der Waals surface area contributed by atoms with Crippen LogP contribution in [0.1, 0.15) is 57.4 Å². The molecule has 2 rings (SSSR count). The molecule has 158 valence electrons. The van der Waals surface area contributed by atoms with Gasteiger partial charge >= 0.3 is 0 Å². The van der Waals surface area contributed by atoms with Crippen LogP contribution in [0.5, 0.6) is 0 Å². The van der Waals surface area contributed by atoms with Crippen LogP contribution in [-0.4, -0.2) is 45.3 Å². The summed E-state index contributed by atoms with van der Waals surface area (Å²) in [7, 11) is 0. The molecule has 1 aromatic heterocycles. The molecule has 5 nitrogen and oxygen atoms in total. The van der Waals surface area contributed by atoms with Crippen LogP contribution in [0.2, 0.25) is 0 Å². The molecule has 0 aliphatic heterocycles. The van der Waals surface area contributed by atoms with Crippen LogP contribution in [0, 0.1) is 6.92 Å². The average Bonchev–Trinajstić information content (AvgIpc) is 3.13. The lowest BCUT2D eigenvalue weighted by molar-refractivity contribution is -0.141. The van der Waals surface area contributed by atoms with Crippen LogP contribution < -0.4 is 0 Å². The summed E-state index contributed by atoms with van der Waals surface area (Å²) in [6, 6.07) is 12.6. The minimum absolute atomic E-state index is 0.00615. The number of carbonyl (C=O) groups is 2. The highest BCUT2D eigenvalue weighted by Gasteiger charge is 2.23. The Hall–Kier alpha value is -2.56. The van der Waals surface area contributed by atoms with Gasteiger partial charge in [-0.1, -0.05) is 38.1 Å². The molecule has 0 aliphatic rings. The molecule has 1 atom stereocenters. The standard InChI is InChI=1S/C24H35N3O2/c1-6-14-25(21(5)28)18-24(29)27(20(4)7-2)17-23-13-10-15-26(23)16-22-12-9-8-11-19(22)3/h8-13,15,20H,6-7,14,16-18H2,1-5H3. The number of hydrogen-bond donors (Lipinski definition) is 0. The van der Waals surface area contributed by atoms with Crippen LogP contribution in [-0.2, 0) is 22.7 Å². The second-order valence-electron chi connectivity index (χ2n) is 7.77. The molecule has 1 heterocycles. The second-order valence-corrected chi connectivity index (χ2v) is 7.77. The highest BCUT2D eigenvalue weighted by molar-refractivity contribution is 5.84. The summed E-state index contributed by atoms with van der Waals surface area (Å²) in [5.41, 5.74) is 3.64. The zero-order chi connectivity index (χ0) is 21.4. The van der Waals surface area contributed by atoms with Gasteiger partial charge in [0.05, 0.1) is 13.1 Å². The van der Waals surface area contributed by atoms with Crippen molar-refractivity contribution >= 4 is 11.8 Å². The van der Waals surface area contributed by atoms with Gasteiger partial charge in [-0.15, -0.1) is 0 Å². The Bertz CT molecular complexity index is 812. The summed E-state index contributed by atoms with van der Waals surface area (Å²) in [6.07, 6.45) is 3.79. The van der Waals surface area contributed by atoms with Gasteiger partial charge in [-0.2, -0.15) is 0 Å². The van der Waals surface area contributed by atoms with Gasteiger partial charge in [0.2, 0.25) is 11.8 Å². The molecule has 1 aromatic carbocycles. The topological polar surface area (TPSA) is 45.6 Å². The van der Waals surface area contributed by atoms with Crippen molar-refractivity contribution in [1.82, 2.24) is 14.4 Å². The van der Waals surface area contributed by atoms with Crippen molar-refractivity contribution in [1.29, 1.82) is 0 Å². The van der Waals surface area contributed by atoms with E-state index in [0.29, 0.717) is 13.1 Å². The first kappa shape index (κ1) is 22.7. The predicted molar refractivity (Wildman–Crippen MR) is 118 cm³/mol. The molecule has 0 saturated heterocycles. The van der Waals surface area contributed by atoms with Gasteiger partial charge in [-0.3, -0.25) is 9.59 Å². The quantitative estimate of drug-likeness (QED) is 0.602. The number of aromatic nitrogens is 1. The molecule has 0 N–H and O–H groups in total. The fraction of sp³-hybridized carbons (Fsp3) is 0.500.